The average Bonchev–Trinajstić information content (AvgIpc) is 3.06. The van der Waals surface area contributed by atoms with Crippen LogP contribution in [0.25, 0.3) is 0 Å². The second-order valence-electron chi connectivity index (χ2n) is 6.52. The fourth-order valence-electron chi connectivity index (χ4n) is 3.16. The second-order valence-corrected chi connectivity index (χ2v) is 9.88. The van der Waals surface area contributed by atoms with Crippen molar-refractivity contribution >= 4 is 46.0 Å². The quantitative estimate of drug-likeness (QED) is 0.403. The number of hydrogen-bond acceptors (Lipinski definition) is 5. The maximum atomic E-state index is 14.1. The maximum absolute atomic E-state index is 14.1. The van der Waals surface area contributed by atoms with Gasteiger partial charge in [0.05, 0.1) is 23.4 Å². The number of sulfonamides is 1. The summed E-state index contributed by atoms with van der Waals surface area (Å²) in [4.78, 5) is -0.0697. The lowest BCUT2D eigenvalue weighted by Gasteiger charge is -2.24. The normalized spacial score (nSPS) is 16.7. The van der Waals surface area contributed by atoms with Gasteiger partial charge >= 0.3 is 6.18 Å². The van der Waals surface area contributed by atoms with E-state index in [1.807, 2.05) is 21.2 Å². The van der Waals surface area contributed by atoms with Crippen molar-refractivity contribution in [1.82, 2.24) is 3.97 Å². The molecule has 2 aromatic rings. The van der Waals surface area contributed by atoms with E-state index >= 15 is 0 Å². The van der Waals surface area contributed by atoms with Crippen LogP contribution in [0.3, 0.4) is 0 Å². The zero-order valence-electron chi connectivity index (χ0n) is 15.0. The molecule has 3 rings (SSSR count). The molecule has 0 spiro atoms. The van der Waals surface area contributed by atoms with Gasteiger partial charge in [0.25, 0.3) is 10.0 Å². The van der Waals surface area contributed by atoms with Gasteiger partial charge in [0.15, 0.2) is 0 Å². The minimum absolute atomic E-state index is 0.0465. The van der Waals surface area contributed by atoms with Gasteiger partial charge in [-0.3, -0.25) is 8.69 Å². The van der Waals surface area contributed by atoms with Crippen molar-refractivity contribution in [3.63, 3.8) is 0 Å². The van der Waals surface area contributed by atoms with Gasteiger partial charge in [-0.25, -0.2) is 12.8 Å². The maximum Gasteiger partial charge on any atom is 0.411 e. The minimum atomic E-state index is -4.44. The van der Waals surface area contributed by atoms with Crippen LogP contribution >= 0.6 is 30.3 Å². The summed E-state index contributed by atoms with van der Waals surface area (Å²) >= 11 is 1.93. The Bertz CT molecular complexity index is 1100. The standard InChI is InChI=1S/C17H14F4IN3O3S2/c18-13-5-10(7-23)1-4-14(13)24-30(26,27)16-8-25(29-22)15-6-11(2-3-12(15)16)28-9-17(19,20)21/h1,4-5,8,11,24H,2-3,6,9H2. The number of nitriles is 1. The Morgan fingerprint density at radius 3 is 2.73 bits per heavy atom. The lowest BCUT2D eigenvalue weighted by molar-refractivity contribution is -0.186. The van der Waals surface area contributed by atoms with E-state index in [-0.39, 0.29) is 35.4 Å². The van der Waals surface area contributed by atoms with Crippen LogP contribution in [0, 0.1) is 17.1 Å². The van der Waals surface area contributed by atoms with Crippen molar-refractivity contribution in [2.75, 3.05) is 11.3 Å². The van der Waals surface area contributed by atoms with Gasteiger partial charge in [-0.1, -0.05) is 0 Å². The molecule has 6 nitrogen and oxygen atoms in total. The smallest absolute Gasteiger partial charge is 0.368 e. The number of rotatable bonds is 6. The van der Waals surface area contributed by atoms with Crippen LogP contribution < -0.4 is 4.72 Å². The molecule has 1 aliphatic rings. The third-order valence-corrected chi connectivity index (χ3v) is 7.64. The first-order valence-electron chi connectivity index (χ1n) is 8.47. The summed E-state index contributed by atoms with van der Waals surface area (Å²) in [7, 11) is -3.00. The number of aromatic nitrogens is 1. The Morgan fingerprint density at radius 1 is 1.40 bits per heavy atom. The molecule has 1 N–H and O–H groups in total. The molecule has 1 unspecified atom stereocenters. The van der Waals surface area contributed by atoms with Crippen molar-refractivity contribution in [3.05, 3.63) is 47.0 Å². The number of anilines is 1. The van der Waals surface area contributed by atoms with E-state index in [4.69, 9.17) is 10.00 Å². The number of benzene rings is 1. The summed E-state index contributed by atoms with van der Waals surface area (Å²) in [5.41, 5.74) is 0.756. The van der Waals surface area contributed by atoms with Crippen molar-refractivity contribution in [3.8, 4) is 6.07 Å². The first-order valence-corrected chi connectivity index (χ1v) is 13.3. The number of ether oxygens (including phenoxy) is 1. The Kier molecular flexibility index (Phi) is 6.90. The highest BCUT2D eigenvalue weighted by Crippen LogP contribution is 2.36. The van der Waals surface area contributed by atoms with Crippen LogP contribution in [0.4, 0.5) is 23.2 Å². The molecule has 0 radical (unpaired) electrons. The molecule has 0 saturated carbocycles. The number of nitrogens with zero attached hydrogens (tertiary/aromatic N) is 2. The lowest BCUT2D eigenvalue weighted by atomic mass is 9.95. The monoisotopic (exact) mass is 575 g/mol. The molecule has 1 aliphatic carbocycles. The van der Waals surface area contributed by atoms with E-state index in [2.05, 4.69) is 4.72 Å². The molecule has 162 valence electrons. The molecule has 13 heteroatoms. The molecule has 1 aromatic carbocycles. The molecular weight excluding hydrogens is 561 g/mol. The van der Waals surface area contributed by atoms with Crippen LogP contribution in [0.15, 0.2) is 29.3 Å². The van der Waals surface area contributed by atoms with E-state index in [1.165, 1.54) is 21.4 Å². The molecule has 0 bridgehead atoms. The number of nitrogens with one attached hydrogen (secondary N) is 1. The molecule has 30 heavy (non-hydrogen) atoms. The number of halogens is 5. The highest BCUT2D eigenvalue weighted by molar-refractivity contribution is 14.2. The Labute approximate surface area is 186 Å². The zero-order valence-corrected chi connectivity index (χ0v) is 18.8. The van der Waals surface area contributed by atoms with Crippen LogP contribution in [-0.2, 0) is 27.6 Å². The first kappa shape index (κ1) is 23.2. The van der Waals surface area contributed by atoms with E-state index in [0.717, 1.165) is 12.1 Å². The molecule has 1 heterocycles. The van der Waals surface area contributed by atoms with E-state index in [1.54, 1.807) is 10.0 Å². The minimum Gasteiger partial charge on any atom is -0.368 e. The average molecular weight is 575 g/mol. The summed E-state index contributed by atoms with van der Waals surface area (Å²) in [5.74, 6) is -0.894. The molecule has 0 amide bonds. The van der Waals surface area contributed by atoms with Crippen molar-refractivity contribution < 1.29 is 30.7 Å². The fourth-order valence-corrected chi connectivity index (χ4v) is 6.04. The predicted octanol–water partition coefficient (Wildman–Crippen LogP) is 4.58. The SMILES string of the molecule is N#Cc1ccc(NS(=O)(=O)c2cn(SI)c3c2CCC(OCC(F)(F)F)C3)c(F)c1. The first-order chi connectivity index (χ1) is 14.0. The van der Waals surface area contributed by atoms with Crippen LogP contribution in [-0.4, -0.2) is 31.3 Å². The second kappa shape index (κ2) is 8.93. The van der Waals surface area contributed by atoms with Crippen molar-refractivity contribution in [2.24, 2.45) is 0 Å². The molecule has 1 aromatic heterocycles. The molecule has 0 fully saturated rings. The van der Waals surface area contributed by atoms with Gasteiger partial charge in [-0.05, 0) is 36.6 Å². The summed E-state index contributed by atoms with van der Waals surface area (Å²) in [6, 6.07) is 5.12. The van der Waals surface area contributed by atoms with Gasteiger partial charge in [0.1, 0.15) is 17.3 Å². The number of alkyl halides is 3. The van der Waals surface area contributed by atoms with E-state index < -0.39 is 34.7 Å². The largest absolute Gasteiger partial charge is 0.411 e. The Balaban J connectivity index is 1.87. The van der Waals surface area contributed by atoms with Gasteiger partial charge < -0.3 is 4.74 Å². The van der Waals surface area contributed by atoms with Crippen LogP contribution in [0.2, 0.25) is 0 Å². The molecular formula is C17H14F4IN3O3S2. The van der Waals surface area contributed by atoms with Gasteiger partial charge in [0, 0.05) is 48.6 Å². The van der Waals surface area contributed by atoms with Crippen LogP contribution in [0.1, 0.15) is 23.2 Å². The third kappa shape index (κ3) is 5.21. The van der Waals surface area contributed by atoms with Crippen molar-refractivity contribution in [2.45, 2.75) is 36.4 Å². The van der Waals surface area contributed by atoms with Crippen LogP contribution in [0.5, 0.6) is 0 Å². The summed E-state index contributed by atoms with van der Waals surface area (Å²) in [6.45, 7) is -1.37. The highest BCUT2D eigenvalue weighted by atomic mass is 127. The number of fused-ring (bicyclic) bond motifs is 1. The van der Waals surface area contributed by atoms with Gasteiger partial charge in [-0.15, -0.1) is 0 Å². The third-order valence-electron chi connectivity index (χ3n) is 4.47. The van der Waals surface area contributed by atoms with E-state index in [9.17, 15) is 26.0 Å². The Hall–Kier alpha value is -1.50. The molecule has 0 aliphatic heterocycles. The molecule has 0 saturated heterocycles. The van der Waals surface area contributed by atoms with E-state index in [0.29, 0.717) is 11.3 Å². The lowest BCUT2D eigenvalue weighted by Crippen LogP contribution is -2.29. The van der Waals surface area contributed by atoms with Gasteiger partial charge in [-0.2, -0.15) is 18.4 Å². The van der Waals surface area contributed by atoms with Gasteiger partial charge in [0.2, 0.25) is 0 Å². The summed E-state index contributed by atoms with van der Waals surface area (Å²) in [5, 5.41) is 8.80. The Morgan fingerprint density at radius 2 is 2.13 bits per heavy atom. The topological polar surface area (TPSA) is 84.1 Å². The molecule has 1 atom stereocenters. The predicted molar refractivity (Wildman–Crippen MR) is 111 cm³/mol. The summed E-state index contributed by atoms with van der Waals surface area (Å²) in [6.07, 6.45) is -3.21. The fraction of sp³-hybridized carbons (Fsp3) is 0.353. The van der Waals surface area contributed by atoms with Crippen molar-refractivity contribution in [1.29, 1.82) is 5.26 Å². The number of hydrogen-bond donors (Lipinski definition) is 1. The summed E-state index contributed by atoms with van der Waals surface area (Å²) < 4.78 is 85.9. The zero-order chi connectivity index (χ0) is 22.1. The highest BCUT2D eigenvalue weighted by Gasteiger charge is 2.34.